The van der Waals surface area contributed by atoms with Gasteiger partial charge in [0.2, 0.25) is 5.78 Å². The highest BCUT2D eigenvalue weighted by Crippen LogP contribution is 2.48. The second-order valence-corrected chi connectivity index (χ2v) is 8.18. The summed E-state index contributed by atoms with van der Waals surface area (Å²) in [4.78, 5) is 26.0. The van der Waals surface area contributed by atoms with Crippen molar-refractivity contribution in [3.8, 4) is 0 Å². The van der Waals surface area contributed by atoms with Crippen molar-refractivity contribution in [1.29, 1.82) is 0 Å². The monoisotopic (exact) mass is 408 g/mol. The van der Waals surface area contributed by atoms with Gasteiger partial charge in [-0.15, -0.1) is 0 Å². The topological polar surface area (TPSA) is 63.6 Å². The number of hydrogen-bond donors (Lipinski definition) is 1. The molecule has 30 heavy (non-hydrogen) atoms. The van der Waals surface area contributed by atoms with Crippen molar-refractivity contribution in [2.24, 2.45) is 11.8 Å². The van der Waals surface area contributed by atoms with E-state index in [9.17, 15) is 19.1 Å². The molecule has 3 atom stereocenters. The van der Waals surface area contributed by atoms with Gasteiger partial charge >= 0.3 is 5.97 Å². The van der Waals surface area contributed by atoms with Crippen molar-refractivity contribution in [3.05, 3.63) is 82.9 Å². The molecule has 2 aliphatic rings. The van der Waals surface area contributed by atoms with Crippen molar-refractivity contribution < 1.29 is 23.8 Å². The first kappa shape index (κ1) is 20.3. The summed E-state index contributed by atoms with van der Waals surface area (Å²) in [5.41, 5.74) is 1.84. The van der Waals surface area contributed by atoms with Gasteiger partial charge < -0.3 is 9.84 Å². The van der Waals surface area contributed by atoms with Gasteiger partial charge in [-0.05, 0) is 54.9 Å². The molecule has 0 amide bonds. The van der Waals surface area contributed by atoms with Crippen molar-refractivity contribution in [2.75, 3.05) is 0 Å². The first-order valence-corrected chi connectivity index (χ1v) is 10.5. The number of aliphatic hydroxyl groups excluding tert-OH is 1. The Hall–Kier alpha value is -2.95. The lowest BCUT2D eigenvalue weighted by atomic mass is 9.81. The van der Waals surface area contributed by atoms with E-state index in [0.29, 0.717) is 12.8 Å². The van der Waals surface area contributed by atoms with Gasteiger partial charge in [-0.25, -0.2) is 9.18 Å². The molecule has 5 heteroatoms. The second kappa shape index (κ2) is 8.42. The highest BCUT2D eigenvalue weighted by Gasteiger charge is 2.47. The van der Waals surface area contributed by atoms with Crippen LogP contribution in [0.15, 0.2) is 65.9 Å². The molecule has 1 heterocycles. The Kier molecular flexibility index (Phi) is 5.71. The molecular weight excluding hydrogens is 383 g/mol. The quantitative estimate of drug-likeness (QED) is 0.662. The van der Waals surface area contributed by atoms with Crippen LogP contribution in [0.3, 0.4) is 0 Å². The largest absolute Gasteiger partial charge is 0.504 e. The van der Waals surface area contributed by atoms with Crippen LogP contribution in [0.4, 0.5) is 4.39 Å². The Morgan fingerprint density at radius 2 is 1.73 bits per heavy atom. The number of rotatable bonds is 7. The number of cyclic esters (lactones) is 1. The minimum absolute atomic E-state index is 0.0848. The smallest absolute Gasteiger partial charge is 0.339 e. The zero-order valence-electron chi connectivity index (χ0n) is 16.9. The maximum atomic E-state index is 13.2. The fraction of sp³-hybridized carbons (Fsp3) is 0.360. The fourth-order valence-corrected chi connectivity index (χ4v) is 4.33. The van der Waals surface area contributed by atoms with Gasteiger partial charge in [0, 0.05) is 11.8 Å². The molecule has 156 valence electrons. The van der Waals surface area contributed by atoms with Crippen LogP contribution in [0.1, 0.15) is 43.2 Å². The molecule has 1 aliphatic heterocycles. The van der Waals surface area contributed by atoms with E-state index in [1.807, 2.05) is 37.3 Å². The first-order valence-electron chi connectivity index (χ1n) is 10.5. The third-order valence-corrected chi connectivity index (χ3v) is 6.13. The molecular formula is C25H25FO4. The maximum Gasteiger partial charge on any atom is 0.339 e. The van der Waals surface area contributed by atoms with Gasteiger partial charge in [-0.2, -0.15) is 0 Å². The summed E-state index contributed by atoms with van der Waals surface area (Å²) in [6, 6.07) is 15.5. The van der Waals surface area contributed by atoms with E-state index < -0.39 is 23.6 Å². The van der Waals surface area contributed by atoms with Gasteiger partial charge in [0.15, 0.2) is 11.9 Å². The zero-order valence-corrected chi connectivity index (χ0v) is 16.9. The van der Waals surface area contributed by atoms with Crippen LogP contribution in [0.25, 0.3) is 0 Å². The van der Waals surface area contributed by atoms with Gasteiger partial charge in [-0.3, -0.25) is 4.79 Å². The van der Waals surface area contributed by atoms with E-state index in [2.05, 4.69) is 0 Å². The van der Waals surface area contributed by atoms with Crippen molar-refractivity contribution >= 4 is 11.8 Å². The molecule has 2 aromatic carbocycles. The zero-order chi connectivity index (χ0) is 21.3. The Bertz CT molecular complexity index is 960. The molecule has 2 aromatic rings. The van der Waals surface area contributed by atoms with Crippen LogP contribution >= 0.6 is 0 Å². The van der Waals surface area contributed by atoms with E-state index >= 15 is 0 Å². The minimum Gasteiger partial charge on any atom is -0.504 e. The third-order valence-electron chi connectivity index (χ3n) is 6.13. The molecule has 0 spiro atoms. The summed E-state index contributed by atoms with van der Waals surface area (Å²) in [5, 5.41) is 10.8. The van der Waals surface area contributed by atoms with E-state index in [0.717, 1.165) is 24.0 Å². The summed E-state index contributed by atoms with van der Waals surface area (Å²) >= 11 is 0. The van der Waals surface area contributed by atoms with Gasteiger partial charge in [0.05, 0.1) is 5.57 Å². The number of carbonyl (C=O) groups is 2. The number of ether oxygens (including phenoxy) is 1. The first-order chi connectivity index (χ1) is 14.5. The molecule has 0 radical (unpaired) electrons. The van der Waals surface area contributed by atoms with Crippen LogP contribution in [0.5, 0.6) is 0 Å². The number of carbonyl (C=O) groups excluding carboxylic acids is 2. The molecule has 1 saturated carbocycles. The van der Waals surface area contributed by atoms with Gasteiger partial charge in [0.25, 0.3) is 0 Å². The van der Waals surface area contributed by atoms with Crippen LogP contribution in [0.2, 0.25) is 0 Å². The molecule has 0 saturated heterocycles. The fourth-order valence-electron chi connectivity index (χ4n) is 4.33. The van der Waals surface area contributed by atoms with Crippen molar-refractivity contribution in [1.82, 2.24) is 0 Å². The molecule has 3 unspecified atom stereocenters. The summed E-state index contributed by atoms with van der Waals surface area (Å²) < 4.78 is 18.8. The Balaban J connectivity index is 1.62. The predicted molar refractivity (Wildman–Crippen MR) is 110 cm³/mol. The van der Waals surface area contributed by atoms with Gasteiger partial charge in [-0.1, -0.05) is 49.4 Å². The number of benzene rings is 2. The highest BCUT2D eigenvalue weighted by molar-refractivity contribution is 6.09. The van der Waals surface area contributed by atoms with Crippen molar-refractivity contribution in [2.45, 2.75) is 44.6 Å². The normalized spacial score (nSPS) is 21.3. The van der Waals surface area contributed by atoms with E-state index in [1.54, 1.807) is 12.1 Å². The summed E-state index contributed by atoms with van der Waals surface area (Å²) in [7, 11) is 0. The molecule has 4 nitrogen and oxygen atoms in total. The molecule has 0 bridgehead atoms. The number of aliphatic hydroxyl groups is 1. The summed E-state index contributed by atoms with van der Waals surface area (Å²) in [6.07, 6.45) is 1.89. The molecule has 1 aliphatic carbocycles. The van der Waals surface area contributed by atoms with E-state index in [4.69, 9.17) is 4.74 Å². The summed E-state index contributed by atoms with van der Waals surface area (Å²) in [5.74, 6) is -2.36. The molecule has 1 fully saturated rings. The number of hydrogen-bond acceptors (Lipinski definition) is 4. The van der Waals surface area contributed by atoms with Crippen LogP contribution in [0, 0.1) is 17.7 Å². The average Bonchev–Trinajstić information content (AvgIpc) is 3.59. The number of halogens is 1. The molecule has 1 N–H and O–H groups in total. The highest BCUT2D eigenvalue weighted by atomic mass is 19.1. The maximum absolute atomic E-state index is 13.2. The number of Topliss-reactive ketones (excluding diaryl/α,β-unsaturated/α-hetero) is 1. The average molecular weight is 408 g/mol. The molecule has 4 rings (SSSR count). The van der Waals surface area contributed by atoms with Gasteiger partial charge in [0.1, 0.15) is 5.82 Å². The van der Waals surface area contributed by atoms with Crippen molar-refractivity contribution in [3.63, 3.8) is 0 Å². The molecule has 0 aromatic heterocycles. The predicted octanol–water partition coefficient (Wildman–Crippen LogP) is 4.89. The van der Waals surface area contributed by atoms with Crippen LogP contribution < -0.4 is 0 Å². The Morgan fingerprint density at radius 1 is 1.07 bits per heavy atom. The van der Waals surface area contributed by atoms with Crippen LogP contribution in [-0.4, -0.2) is 23.0 Å². The number of esters is 1. The third kappa shape index (κ3) is 4.02. The van der Waals surface area contributed by atoms with E-state index in [-0.39, 0.29) is 29.1 Å². The Labute approximate surface area is 175 Å². The second-order valence-electron chi connectivity index (χ2n) is 8.18. The van der Waals surface area contributed by atoms with Crippen LogP contribution in [-0.2, 0) is 20.7 Å². The standard InChI is InChI=1S/C25H25FO4/c1-2-16(14-15-8-12-19(26)13-9-15)24-23(28)22(27)21(25(29)30-24)20(18-10-11-18)17-6-4-3-5-7-17/h3-9,12-13,16,18,20,24,27H,2,10-11,14H2,1H3. The lowest BCUT2D eigenvalue weighted by Crippen LogP contribution is -2.42. The lowest BCUT2D eigenvalue weighted by Gasteiger charge is -2.31. The number of ketones is 1. The Morgan fingerprint density at radius 3 is 2.33 bits per heavy atom. The summed E-state index contributed by atoms with van der Waals surface area (Å²) in [6.45, 7) is 1.91. The van der Waals surface area contributed by atoms with E-state index in [1.165, 1.54) is 12.1 Å². The lowest BCUT2D eigenvalue weighted by molar-refractivity contribution is -0.158. The minimum atomic E-state index is -1.04. The SMILES string of the molecule is CCC(Cc1ccc(F)cc1)C1OC(=O)C(C(c2ccccc2)C2CC2)=C(O)C1=O.